The Morgan fingerprint density at radius 1 is 0.228 bits per heavy atom. The first-order chi connectivity index (χ1) is 56.3. The van der Waals surface area contributed by atoms with Crippen molar-refractivity contribution < 1.29 is 13.2 Å². The van der Waals surface area contributed by atoms with Gasteiger partial charge >= 0.3 is 0 Å². The zero-order chi connectivity index (χ0) is 78.4. The van der Waals surface area contributed by atoms with Crippen molar-refractivity contribution in [3.63, 3.8) is 0 Å². The van der Waals surface area contributed by atoms with Crippen molar-refractivity contribution >= 4 is 9.84 Å². The van der Waals surface area contributed by atoms with E-state index >= 15 is 0 Å². The van der Waals surface area contributed by atoms with Crippen LogP contribution in [0.1, 0.15) is 83.7 Å². The number of sulfone groups is 1. The Morgan fingerprint density at radius 3 is 0.877 bits per heavy atom. The lowest BCUT2D eigenvalue weighted by Crippen LogP contribution is -2.12. The molecule has 0 saturated carbocycles. The van der Waals surface area contributed by atoms with E-state index in [-0.39, 0.29) is 5.75 Å². The van der Waals surface area contributed by atoms with Crippen molar-refractivity contribution in [2.24, 2.45) is 0 Å². The van der Waals surface area contributed by atoms with Gasteiger partial charge in [0.1, 0.15) is 11.5 Å². The van der Waals surface area contributed by atoms with E-state index in [2.05, 4.69) is 192 Å². The van der Waals surface area contributed by atoms with Crippen molar-refractivity contribution in [3.05, 3.63) is 534 Å². The first-order valence-corrected chi connectivity index (χ1v) is 39.5. The molecule has 0 amide bonds. The van der Waals surface area contributed by atoms with Crippen LogP contribution in [0.25, 0.3) is 11.1 Å². The number of rotatable bonds is 12. The fraction of sp³-hybridized carbons (Fsp3) is 0.0784. The molecule has 2 aliphatic rings. The Bertz CT molecular complexity index is 4620. The minimum absolute atomic E-state index is 0.111. The van der Waals surface area contributed by atoms with Crippen LogP contribution in [0.4, 0.5) is 0 Å². The van der Waals surface area contributed by atoms with Gasteiger partial charge in [0.2, 0.25) is 0 Å². The maximum atomic E-state index is 12.0. The lowest BCUT2D eigenvalue weighted by Gasteiger charge is -2.19. The Balaban J connectivity index is 0.000000127. The molecular formula is C102H90N8O3S. The summed E-state index contributed by atoms with van der Waals surface area (Å²) in [6.45, 7) is 0. The molecule has 10 heterocycles. The summed E-state index contributed by atoms with van der Waals surface area (Å²) in [7, 11) is -3.16. The van der Waals surface area contributed by atoms with Gasteiger partial charge in [-0.05, 0) is 201 Å². The van der Waals surface area contributed by atoms with Gasteiger partial charge in [-0.25, -0.2) is 8.42 Å². The van der Waals surface area contributed by atoms with Gasteiger partial charge in [0.15, 0.2) is 9.84 Å². The van der Waals surface area contributed by atoms with Crippen LogP contribution in [-0.4, -0.2) is 48.3 Å². The van der Waals surface area contributed by atoms with E-state index in [1.54, 1.807) is 43.1 Å². The van der Waals surface area contributed by atoms with Crippen molar-refractivity contribution in [2.75, 3.05) is 0 Å². The molecule has 9 aromatic carbocycles. The number of hydrogen-bond acceptors (Lipinski definition) is 11. The second-order valence-corrected chi connectivity index (χ2v) is 28.3. The van der Waals surface area contributed by atoms with Gasteiger partial charge in [-0.2, -0.15) is 0 Å². The number of nitrogens with zero attached hydrogens (tertiary/aromatic N) is 8. The van der Waals surface area contributed by atoms with Crippen LogP contribution in [0.3, 0.4) is 0 Å². The summed E-state index contributed by atoms with van der Waals surface area (Å²) in [6.07, 6.45) is 32.2. The number of ether oxygens (including phenoxy) is 1. The average molecular weight is 1510 g/mol. The molecule has 12 heteroatoms. The van der Waals surface area contributed by atoms with E-state index < -0.39 is 9.84 Å². The summed E-state index contributed by atoms with van der Waals surface area (Å²) < 4.78 is 29.8. The number of fused-ring (bicyclic) bond motifs is 5. The second kappa shape index (κ2) is 46.4. The summed E-state index contributed by atoms with van der Waals surface area (Å²) in [5.74, 6) is 2.09. The number of pyridine rings is 8. The highest BCUT2D eigenvalue weighted by Gasteiger charge is 2.27. The lowest BCUT2D eigenvalue weighted by atomic mass is 10.0. The van der Waals surface area contributed by atoms with Crippen LogP contribution < -0.4 is 4.74 Å². The van der Waals surface area contributed by atoms with Crippen molar-refractivity contribution in [2.45, 2.75) is 55.6 Å². The monoisotopic (exact) mass is 1510 g/mol. The standard InChI is InChI=1S/C13H10O2S.C13H10O.C13H12.2C12H11N.3C11H10N2.C6H6/c14-16(15)9-10-5-1-2-6-11(10)12-7-3-4-8-13(12)16;1-3-7-12-10(5-1)9-11-6-2-4-8-13(11)14-12;1-3-7-12(8-4-1)11-13-9-5-2-6-10-13;1-2-5-11(6-3-1)9-12-7-4-8-13-10-12;1-2-4-11(5-3-1)10-12-6-8-13-9-7-12;1-5-12-6-2-10(1)9-11-3-7-13-8-4-11;1-3-10(8-12-5-1)7-11-4-2-6-13-9-11;1-3-7-12-10(5-1)9-11-6-2-4-8-13-11;1-2-4-6-5-3-1/h1-8H,9H2;1-8H,9H2;1-10H,11H2;1-8,10H,9H2;1-9H,10H2;1-8H,9H2;1-6,8-9H,7H2;1-8H,9H2;1-6H. The van der Waals surface area contributed by atoms with E-state index in [9.17, 15) is 8.42 Å². The van der Waals surface area contributed by atoms with Gasteiger partial charge in [-0.15, -0.1) is 0 Å². The van der Waals surface area contributed by atoms with Crippen LogP contribution in [0.5, 0.6) is 11.5 Å². The van der Waals surface area contributed by atoms with Crippen LogP contribution >= 0.6 is 0 Å². The molecule has 11 nitrogen and oxygen atoms in total. The molecular weight excluding hydrogens is 1420 g/mol. The number of aromatic nitrogens is 8. The molecule has 0 N–H and O–H groups in total. The predicted octanol–water partition coefficient (Wildman–Crippen LogP) is 22.5. The number of hydrogen-bond donors (Lipinski definition) is 0. The lowest BCUT2D eigenvalue weighted by molar-refractivity contribution is 0.460. The maximum Gasteiger partial charge on any atom is 0.183 e. The van der Waals surface area contributed by atoms with Crippen molar-refractivity contribution in [3.8, 4) is 22.6 Å². The fourth-order valence-corrected chi connectivity index (χ4v) is 13.7. The summed E-state index contributed by atoms with van der Waals surface area (Å²) in [4.78, 5) is 33.1. The first kappa shape index (κ1) is 80.9. The molecule has 0 atom stereocenters. The predicted molar refractivity (Wildman–Crippen MR) is 461 cm³/mol. The van der Waals surface area contributed by atoms with E-state index in [1.165, 1.54) is 66.8 Å². The van der Waals surface area contributed by atoms with E-state index in [4.69, 9.17) is 4.74 Å². The normalized spacial score (nSPS) is 11.0. The zero-order valence-electron chi connectivity index (χ0n) is 63.6. The smallest absolute Gasteiger partial charge is 0.183 e. The minimum atomic E-state index is -3.16. The molecule has 0 spiro atoms. The molecule has 19 rings (SSSR count). The van der Waals surface area contributed by atoms with Gasteiger partial charge in [-0.1, -0.05) is 267 Å². The van der Waals surface area contributed by atoms with Gasteiger partial charge in [-0.3, -0.25) is 39.9 Å². The fourth-order valence-electron chi connectivity index (χ4n) is 12.1. The van der Waals surface area contributed by atoms with E-state index in [0.29, 0.717) is 4.90 Å². The molecule has 562 valence electrons. The zero-order valence-corrected chi connectivity index (χ0v) is 64.4. The number of benzene rings is 9. The minimum Gasteiger partial charge on any atom is -0.457 e. The first-order valence-electron chi connectivity index (χ1n) is 37.8. The maximum absolute atomic E-state index is 12.0. The number of para-hydroxylation sites is 2. The third-order valence-electron chi connectivity index (χ3n) is 17.7. The average Bonchev–Trinajstić information content (AvgIpc) is 0.763. The third-order valence-corrected chi connectivity index (χ3v) is 19.4. The quantitative estimate of drug-likeness (QED) is 0.115. The highest BCUT2D eigenvalue weighted by atomic mass is 32.2. The molecule has 0 bridgehead atoms. The molecule has 0 aliphatic carbocycles. The summed E-state index contributed by atoms with van der Waals surface area (Å²) in [5.41, 5.74) is 20.4. The molecule has 8 aromatic heterocycles. The highest BCUT2D eigenvalue weighted by Crippen LogP contribution is 2.38. The van der Waals surface area contributed by atoms with E-state index in [1.807, 2.05) is 256 Å². The molecule has 0 saturated heterocycles. The third kappa shape index (κ3) is 28.7. The van der Waals surface area contributed by atoms with Crippen LogP contribution in [0.15, 0.2) is 456 Å². The molecule has 0 unspecified atom stereocenters. The van der Waals surface area contributed by atoms with Gasteiger partial charge in [0, 0.05) is 123 Å². The topological polar surface area (TPSA) is 146 Å². The Hall–Kier alpha value is -14.1. The molecule has 114 heavy (non-hydrogen) atoms. The van der Waals surface area contributed by atoms with Crippen molar-refractivity contribution in [1.29, 1.82) is 0 Å². The summed E-state index contributed by atoms with van der Waals surface area (Å²) >= 11 is 0. The van der Waals surface area contributed by atoms with Gasteiger partial charge in [0.25, 0.3) is 0 Å². The van der Waals surface area contributed by atoms with Crippen LogP contribution in [0, 0.1) is 0 Å². The van der Waals surface area contributed by atoms with Gasteiger partial charge in [0.05, 0.1) is 10.6 Å². The van der Waals surface area contributed by atoms with Crippen LogP contribution in [-0.2, 0) is 60.5 Å². The largest absolute Gasteiger partial charge is 0.457 e. The molecule has 0 fully saturated rings. The van der Waals surface area contributed by atoms with E-state index in [0.717, 1.165) is 84.5 Å². The van der Waals surface area contributed by atoms with Gasteiger partial charge < -0.3 is 4.74 Å². The molecule has 0 radical (unpaired) electrons. The Morgan fingerprint density at radius 2 is 0.518 bits per heavy atom. The SMILES string of the molecule is O=S1(=O)Cc2ccccc2-c2ccccc21.c1cc(Cc2ccncc2)ccn1.c1ccc(Cc2ccccc2)cc1.c1ccc(Cc2ccccn2)nc1.c1ccc(Cc2cccnc2)cc1.c1ccc(Cc2ccncc2)cc1.c1ccc2c(c1)Cc1ccccc1O2.c1ccccc1.c1cncc(Cc2cccnc2)c1. The Labute approximate surface area is 671 Å². The van der Waals surface area contributed by atoms with Crippen molar-refractivity contribution in [1.82, 2.24) is 39.9 Å². The highest BCUT2D eigenvalue weighted by molar-refractivity contribution is 7.90. The summed E-state index contributed by atoms with van der Waals surface area (Å²) in [5, 5.41) is 0. The van der Waals surface area contributed by atoms with Crippen LogP contribution in [0.2, 0.25) is 0 Å². The Kier molecular flexibility index (Phi) is 33.0. The molecule has 17 aromatic rings. The summed E-state index contributed by atoms with van der Waals surface area (Å²) in [6, 6.07) is 121. The molecule has 2 aliphatic heterocycles. The second-order valence-electron chi connectivity index (χ2n) is 26.4.